The molecule has 114 valence electrons. The summed E-state index contributed by atoms with van der Waals surface area (Å²) >= 11 is 6.10. The number of nitrogens with one attached hydrogen (secondary N) is 3. The average Bonchev–Trinajstić information content (AvgIpc) is 2.51. The molecule has 0 radical (unpaired) electrons. The van der Waals surface area contributed by atoms with Gasteiger partial charge in [-0.1, -0.05) is 24.9 Å². The molecule has 2 rings (SSSR count). The Kier molecular flexibility index (Phi) is 5.59. The van der Waals surface area contributed by atoms with Crippen molar-refractivity contribution in [3.8, 4) is 0 Å². The molecule has 1 aromatic rings. The lowest BCUT2D eigenvalue weighted by molar-refractivity contribution is -0.118. The largest absolute Gasteiger partial charge is 0.326 e. The highest BCUT2D eigenvalue weighted by Gasteiger charge is 2.21. The SMILES string of the molecule is CCC(=O)Nc1ccc(Cl)c(NC(=O)[C@@H]2CCCCN2)c1. The smallest absolute Gasteiger partial charge is 0.241 e. The number of anilines is 2. The third-order valence-corrected chi connectivity index (χ3v) is 3.79. The molecule has 1 atom stereocenters. The van der Waals surface area contributed by atoms with E-state index in [-0.39, 0.29) is 17.9 Å². The summed E-state index contributed by atoms with van der Waals surface area (Å²) in [7, 11) is 0. The Morgan fingerprint density at radius 1 is 1.33 bits per heavy atom. The second-order valence-electron chi connectivity index (χ2n) is 5.09. The molecule has 2 amide bonds. The summed E-state index contributed by atoms with van der Waals surface area (Å²) < 4.78 is 0. The van der Waals surface area contributed by atoms with E-state index >= 15 is 0 Å². The number of benzene rings is 1. The first kappa shape index (κ1) is 15.8. The maximum atomic E-state index is 12.2. The number of halogens is 1. The van der Waals surface area contributed by atoms with Crippen LogP contribution in [0.2, 0.25) is 5.02 Å². The fourth-order valence-corrected chi connectivity index (χ4v) is 2.41. The standard InChI is InChI=1S/C15H20ClN3O2/c1-2-14(20)18-10-6-7-11(16)13(9-10)19-15(21)12-5-3-4-8-17-12/h6-7,9,12,17H,2-5,8H2,1H3,(H,18,20)(H,19,21)/t12-/m0/s1. The van der Waals surface area contributed by atoms with Crippen molar-refractivity contribution in [1.29, 1.82) is 0 Å². The molecule has 1 fully saturated rings. The highest BCUT2D eigenvalue weighted by Crippen LogP contribution is 2.26. The van der Waals surface area contributed by atoms with Crippen LogP contribution in [-0.2, 0) is 9.59 Å². The minimum absolute atomic E-state index is 0.0800. The molecule has 0 saturated carbocycles. The van der Waals surface area contributed by atoms with Gasteiger partial charge in [0, 0.05) is 12.1 Å². The van der Waals surface area contributed by atoms with E-state index in [1.807, 2.05) is 0 Å². The van der Waals surface area contributed by atoms with E-state index in [4.69, 9.17) is 11.6 Å². The Balaban J connectivity index is 2.05. The van der Waals surface area contributed by atoms with Crippen molar-refractivity contribution in [1.82, 2.24) is 5.32 Å². The lowest BCUT2D eigenvalue weighted by atomic mass is 10.0. The number of hydrogen-bond acceptors (Lipinski definition) is 3. The van der Waals surface area contributed by atoms with Gasteiger partial charge in [-0.25, -0.2) is 0 Å². The van der Waals surface area contributed by atoms with Crippen molar-refractivity contribution in [3.63, 3.8) is 0 Å². The van der Waals surface area contributed by atoms with E-state index in [9.17, 15) is 9.59 Å². The van der Waals surface area contributed by atoms with Gasteiger partial charge in [-0.15, -0.1) is 0 Å². The molecule has 0 unspecified atom stereocenters. The van der Waals surface area contributed by atoms with Crippen LogP contribution in [0.1, 0.15) is 32.6 Å². The number of hydrogen-bond donors (Lipinski definition) is 3. The monoisotopic (exact) mass is 309 g/mol. The lowest BCUT2D eigenvalue weighted by Gasteiger charge is -2.22. The fourth-order valence-electron chi connectivity index (χ4n) is 2.24. The van der Waals surface area contributed by atoms with Crippen molar-refractivity contribution < 1.29 is 9.59 Å². The van der Waals surface area contributed by atoms with Gasteiger partial charge in [-0.2, -0.15) is 0 Å². The van der Waals surface area contributed by atoms with Gasteiger partial charge < -0.3 is 16.0 Å². The van der Waals surface area contributed by atoms with Crippen molar-refractivity contribution in [2.75, 3.05) is 17.2 Å². The van der Waals surface area contributed by atoms with E-state index in [2.05, 4.69) is 16.0 Å². The molecule has 0 aliphatic carbocycles. The van der Waals surface area contributed by atoms with Crippen molar-refractivity contribution in [2.24, 2.45) is 0 Å². The summed E-state index contributed by atoms with van der Waals surface area (Å²) in [5.74, 6) is -0.167. The van der Waals surface area contributed by atoms with E-state index < -0.39 is 0 Å². The second-order valence-corrected chi connectivity index (χ2v) is 5.50. The van der Waals surface area contributed by atoms with Crippen LogP contribution in [0.3, 0.4) is 0 Å². The van der Waals surface area contributed by atoms with Gasteiger partial charge in [0.05, 0.1) is 16.8 Å². The molecule has 1 heterocycles. The molecule has 1 saturated heterocycles. The van der Waals surface area contributed by atoms with Gasteiger partial charge in [0.2, 0.25) is 11.8 Å². The third kappa shape index (κ3) is 4.44. The van der Waals surface area contributed by atoms with Crippen LogP contribution in [0, 0.1) is 0 Å². The first-order chi connectivity index (χ1) is 10.1. The fraction of sp³-hybridized carbons (Fsp3) is 0.467. The van der Waals surface area contributed by atoms with Crippen LogP contribution < -0.4 is 16.0 Å². The molecular weight excluding hydrogens is 290 g/mol. The molecule has 5 nitrogen and oxygen atoms in total. The zero-order chi connectivity index (χ0) is 15.2. The predicted octanol–water partition coefficient (Wildman–Crippen LogP) is 2.77. The maximum Gasteiger partial charge on any atom is 0.241 e. The van der Waals surface area contributed by atoms with Crippen LogP contribution in [0.25, 0.3) is 0 Å². The Morgan fingerprint density at radius 2 is 2.14 bits per heavy atom. The Morgan fingerprint density at radius 3 is 2.81 bits per heavy atom. The van der Waals surface area contributed by atoms with E-state index in [1.165, 1.54) is 0 Å². The first-order valence-corrected chi connectivity index (χ1v) is 7.61. The van der Waals surface area contributed by atoms with Crippen LogP contribution in [-0.4, -0.2) is 24.4 Å². The maximum absolute atomic E-state index is 12.2. The predicted molar refractivity (Wildman–Crippen MR) is 84.6 cm³/mol. The zero-order valence-electron chi connectivity index (χ0n) is 12.0. The minimum Gasteiger partial charge on any atom is -0.326 e. The molecule has 1 aliphatic rings. The Hall–Kier alpha value is -1.59. The molecule has 0 spiro atoms. The number of amides is 2. The summed E-state index contributed by atoms with van der Waals surface area (Å²) in [4.78, 5) is 23.6. The van der Waals surface area contributed by atoms with Gasteiger partial charge in [0.15, 0.2) is 0 Å². The van der Waals surface area contributed by atoms with E-state index in [0.29, 0.717) is 22.8 Å². The number of carbonyl (C=O) groups is 2. The van der Waals surface area contributed by atoms with Crippen LogP contribution in [0.5, 0.6) is 0 Å². The summed E-state index contributed by atoms with van der Waals surface area (Å²) in [6, 6.07) is 4.88. The normalized spacial score (nSPS) is 18.1. The molecule has 3 N–H and O–H groups in total. The second kappa shape index (κ2) is 7.43. The average molecular weight is 310 g/mol. The van der Waals surface area contributed by atoms with Gasteiger partial charge in [-0.3, -0.25) is 9.59 Å². The van der Waals surface area contributed by atoms with Crippen LogP contribution >= 0.6 is 11.6 Å². The van der Waals surface area contributed by atoms with E-state index in [1.54, 1.807) is 25.1 Å². The Labute approximate surface area is 129 Å². The Bertz CT molecular complexity index is 528. The quantitative estimate of drug-likeness (QED) is 0.801. The number of piperidine rings is 1. The van der Waals surface area contributed by atoms with E-state index in [0.717, 1.165) is 25.8 Å². The van der Waals surface area contributed by atoms with Crippen molar-refractivity contribution in [2.45, 2.75) is 38.6 Å². The van der Waals surface area contributed by atoms with Gasteiger partial charge >= 0.3 is 0 Å². The topological polar surface area (TPSA) is 70.2 Å². The molecular formula is C15H20ClN3O2. The number of rotatable bonds is 4. The first-order valence-electron chi connectivity index (χ1n) is 7.24. The summed E-state index contributed by atoms with van der Waals surface area (Å²) in [5, 5.41) is 9.22. The highest BCUT2D eigenvalue weighted by atomic mass is 35.5. The summed E-state index contributed by atoms with van der Waals surface area (Å²) in [5.41, 5.74) is 1.14. The lowest BCUT2D eigenvalue weighted by Crippen LogP contribution is -2.43. The molecule has 6 heteroatoms. The number of carbonyl (C=O) groups excluding carboxylic acids is 2. The minimum atomic E-state index is -0.177. The van der Waals surface area contributed by atoms with Crippen LogP contribution in [0.4, 0.5) is 11.4 Å². The zero-order valence-corrected chi connectivity index (χ0v) is 12.8. The molecule has 1 aromatic carbocycles. The molecule has 0 aromatic heterocycles. The highest BCUT2D eigenvalue weighted by molar-refractivity contribution is 6.34. The van der Waals surface area contributed by atoms with Gasteiger partial charge in [-0.05, 0) is 37.6 Å². The third-order valence-electron chi connectivity index (χ3n) is 3.46. The summed E-state index contributed by atoms with van der Waals surface area (Å²) in [6.45, 7) is 2.64. The summed E-state index contributed by atoms with van der Waals surface area (Å²) in [6.07, 6.45) is 3.38. The molecule has 21 heavy (non-hydrogen) atoms. The van der Waals surface area contributed by atoms with Gasteiger partial charge in [0.25, 0.3) is 0 Å². The van der Waals surface area contributed by atoms with Gasteiger partial charge in [0.1, 0.15) is 0 Å². The van der Waals surface area contributed by atoms with Crippen molar-refractivity contribution >= 4 is 34.8 Å². The molecule has 1 aliphatic heterocycles. The molecule has 0 bridgehead atoms. The van der Waals surface area contributed by atoms with Crippen molar-refractivity contribution in [3.05, 3.63) is 23.2 Å². The van der Waals surface area contributed by atoms with Crippen LogP contribution in [0.15, 0.2) is 18.2 Å².